The van der Waals surface area contributed by atoms with Gasteiger partial charge in [0, 0.05) is 16.3 Å². The molecule has 1 heterocycles. The summed E-state index contributed by atoms with van der Waals surface area (Å²) in [6.07, 6.45) is 0.0408. The summed E-state index contributed by atoms with van der Waals surface area (Å²) in [7, 11) is -0.0290. The van der Waals surface area contributed by atoms with Gasteiger partial charge in [0.25, 0.3) is 0 Å². The molecule has 6 heteroatoms. The van der Waals surface area contributed by atoms with Crippen molar-refractivity contribution in [3.8, 4) is 11.8 Å². The van der Waals surface area contributed by atoms with Gasteiger partial charge in [-0.05, 0) is 70.5 Å². The lowest BCUT2D eigenvalue weighted by Gasteiger charge is -2.33. The zero-order chi connectivity index (χ0) is 22.1. The molecule has 0 saturated carbocycles. The van der Waals surface area contributed by atoms with Gasteiger partial charge in [-0.25, -0.2) is 8.93 Å². The van der Waals surface area contributed by atoms with E-state index in [1.165, 1.54) is 7.11 Å². The number of rotatable bonds is 5. The smallest absolute Gasteiger partial charge is 0.307 e. The van der Waals surface area contributed by atoms with Crippen molar-refractivity contribution in [1.29, 1.82) is 0 Å². The van der Waals surface area contributed by atoms with Gasteiger partial charge in [0.1, 0.15) is 11.2 Å². The molecule has 3 rings (SSSR count). The first-order chi connectivity index (χ1) is 14.1. The third-order valence-electron chi connectivity index (χ3n) is 4.98. The number of ether oxygens (including phenoxy) is 1. The van der Waals surface area contributed by atoms with Crippen molar-refractivity contribution in [2.45, 2.75) is 51.3 Å². The van der Waals surface area contributed by atoms with E-state index in [0.29, 0.717) is 0 Å². The molecule has 0 aliphatic rings. The van der Waals surface area contributed by atoms with Crippen LogP contribution < -0.4 is 4.72 Å². The first-order valence-electron chi connectivity index (χ1n) is 9.73. The van der Waals surface area contributed by atoms with Crippen LogP contribution in [0.15, 0.2) is 40.8 Å². The predicted molar refractivity (Wildman–Crippen MR) is 121 cm³/mol. The Kier molecular flexibility index (Phi) is 6.07. The second kappa shape index (κ2) is 8.25. The summed E-state index contributed by atoms with van der Waals surface area (Å²) in [5, 5.41) is 1.87. The molecular weight excluding hydrogens is 398 g/mol. The average Bonchev–Trinajstić information content (AvgIpc) is 3.04. The Morgan fingerprint density at radius 3 is 2.33 bits per heavy atom. The van der Waals surface area contributed by atoms with Gasteiger partial charge in [0.15, 0.2) is 0 Å². The topological polar surface area (TPSA) is 68.5 Å². The zero-order valence-electron chi connectivity index (χ0n) is 18.2. The number of furan rings is 1. The molecule has 3 aromatic rings. The Labute approximate surface area is 179 Å². The summed E-state index contributed by atoms with van der Waals surface area (Å²) in [4.78, 5) is 12.2. The molecule has 0 fully saturated rings. The first kappa shape index (κ1) is 22.1. The van der Waals surface area contributed by atoms with Crippen molar-refractivity contribution < 1.29 is 18.2 Å². The van der Waals surface area contributed by atoms with Crippen LogP contribution in [0, 0.1) is 11.8 Å². The van der Waals surface area contributed by atoms with Crippen molar-refractivity contribution >= 4 is 38.9 Å². The second-order valence-corrected chi connectivity index (χ2v) is 10.4. The Bertz CT molecular complexity index is 1190. The van der Waals surface area contributed by atoms with Gasteiger partial charge in [-0.3, -0.25) is 4.79 Å². The van der Waals surface area contributed by atoms with Crippen LogP contribution in [0.3, 0.4) is 0 Å². The molecule has 2 aromatic carbocycles. The number of nitrogens with one attached hydrogen (secondary N) is 1. The maximum Gasteiger partial charge on any atom is 0.307 e. The number of methoxy groups -OCH3 is 1. The number of benzene rings is 2. The molecule has 0 radical (unpaired) electrons. The normalized spacial score (nSPS) is 14.7. The Hall–Kier alpha value is -2.62. The van der Waals surface area contributed by atoms with E-state index in [-0.39, 0.29) is 12.4 Å². The van der Waals surface area contributed by atoms with Gasteiger partial charge in [-0.1, -0.05) is 12.0 Å². The maximum atomic E-state index is 12.9. The number of carbonyl (C=O) groups excluding carboxylic acids is 1. The lowest BCUT2D eigenvalue weighted by atomic mass is 9.88. The van der Waals surface area contributed by atoms with Crippen molar-refractivity contribution in [2.75, 3.05) is 7.11 Å². The highest BCUT2D eigenvalue weighted by molar-refractivity contribution is 7.84. The monoisotopic (exact) mass is 425 g/mol. The largest absolute Gasteiger partial charge is 0.469 e. The van der Waals surface area contributed by atoms with E-state index in [1.54, 1.807) is 6.92 Å². The van der Waals surface area contributed by atoms with Crippen molar-refractivity contribution in [3.05, 3.63) is 47.5 Å². The van der Waals surface area contributed by atoms with E-state index in [0.717, 1.165) is 33.1 Å². The molecule has 0 aliphatic heterocycles. The standard InChI is InChI=1S/C24H27NO4S/c1-7-8-16-9-11-20-18(13-16)19-14-17(10-12-21(19)29-20)24(5,15-22(26)28-6)25-30(27)23(2,3)4/h9-14,25H,15H2,1-6H3/t24-,30-/m0/s1. The van der Waals surface area contributed by atoms with E-state index >= 15 is 0 Å². The minimum Gasteiger partial charge on any atom is -0.469 e. The molecule has 0 spiro atoms. The third kappa shape index (κ3) is 4.43. The summed E-state index contributed by atoms with van der Waals surface area (Å²) in [6, 6.07) is 11.6. The molecule has 1 aromatic heterocycles. The van der Waals surface area contributed by atoms with Gasteiger partial charge < -0.3 is 9.15 Å². The van der Waals surface area contributed by atoms with E-state index < -0.39 is 21.3 Å². The molecule has 5 nitrogen and oxygen atoms in total. The third-order valence-corrected chi connectivity index (χ3v) is 6.72. The van der Waals surface area contributed by atoms with Gasteiger partial charge in [-0.2, -0.15) is 0 Å². The van der Waals surface area contributed by atoms with Gasteiger partial charge in [-0.15, -0.1) is 5.92 Å². The van der Waals surface area contributed by atoms with Crippen molar-refractivity contribution in [3.63, 3.8) is 0 Å². The molecule has 0 bridgehead atoms. The molecule has 30 heavy (non-hydrogen) atoms. The molecule has 0 amide bonds. The molecule has 1 N–H and O–H groups in total. The summed E-state index contributed by atoms with van der Waals surface area (Å²) >= 11 is 0. The fraction of sp³-hybridized carbons (Fsp3) is 0.375. The highest BCUT2D eigenvalue weighted by atomic mass is 32.2. The molecule has 0 unspecified atom stereocenters. The molecule has 158 valence electrons. The van der Waals surface area contributed by atoms with Crippen LogP contribution in [0.2, 0.25) is 0 Å². The van der Waals surface area contributed by atoms with E-state index in [1.807, 2.05) is 64.1 Å². The fourth-order valence-electron chi connectivity index (χ4n) is 3.26. The zero-order valence-corrected chi connectivity index (χ0v) is 19.0. The summed E-state index contributed by atoms with van der Waals surface area (Å²) < 4.78 is 26.4. The van der Waals surface area contributed by atoms with Crippen LogP contribution in [0.5, 0.6) is 0 Å². The Morgan fingerprint density at radius 2 is 1.73 bits per heavy atom. The number of carbonyl (C=O) groups is 1. The summed E-state index contributed by atoms with van der Waals surface area (Å²) in [5.74, 6) is 5.60. The van der Waals surface area contributed by atoms with Gasteiger partial charge >= 0.3 is 5.97 Å². The van der Waals surface area contributed by atoms with Crippen molar-refractivity contribution in [2.24, 2.45) is 0 Å². The second-order valence-electron chi connectivity index (χ2n) is 8.47. The minimum absolute atomic E-state index is 0.0408. The number of esters is 1. The Balaban J connectivity index is 2.16. The molecule has 2 atom stereocenters. The van der Waals surface area contributed by atoms with Crippen LogP contribution in [0.1, 0.15) is 52.2 Å². The van der Waals surface area contributed by atoms with Crippen LogP contribution in [0.4, 0.5) is 0 Å². The number of hydrogen-bond acceptors (Lipinski definition) is 4. The average molecular weight is 426 g/mol. The summed E-state index contributed by atoms with van der Waals surface area (Å²) in [5.41, 5.74) is 2.36. The van der Waals surface area contributed by atoms with Crippen LogP contribution in [0.25, 0.3) is 21.9 Å². The van der Waals surface area contributed by atoms with Crippen LogP contribution in [-0.4, -0.2) is 22.0 Å². The molecule has 0 aliphatic carbocycles. The lowest BCUT2D eigenvalue weighted by Crippen LogP contribution is -2.47. The number of fused-ring (bicyclic) bond motifs is 3. The highest BCUT2D eigenvalue weighted by Gasteiger charge is 2.35. The van der Waals surface area contributed by atoms with Crippen LogP contribution in [-0.2, 0) is 26.1 Å². The summed E-state index contributed by atoms with van der Waals surface area (Å²) in [6.45, 7) is 9.33. The van der Waals surface area contributed by atoms with Crippen LogP contribution >= 0.6 is 0 Å². The lowest BCUT2D eigenvalue weighted by molar-refractivity contribution is -0.142. The highest BCUT2D eigenvalue weighted by Crippen LogP contribution is 2.35. The van der Waals surface area contributed by atoms with E-state index in [2.05, 4.69) is 16.6 Å². The number of hydrogen-bond donors (Lipinski definition) is 1. The van der Waals surface area contributed by atoms with Crippen molar-refractivity contribution in [1.82, 2.24) is 4.72 Å². The van der Waals surface area contributed by atoms with E-state index in [4.69, 9.17) is 9.15 Å². The Morgan fingerprint density at radius 1 is 1.10 bits per heavy atom. The van der Waals surface area contributed by atoms with Gasteiger partial charge in [0.05, 0.1) is 34.8 Å². The fourth-order valence-corrected chi connectivity index (χ4v) is 4.16. The SMILES string of the molecule is CC#Cc1ccc2oc3ccc([C@](C)(CC(=O)OC)N[S@@](=O)C(C)(C)C)cc3c2c1. The maximum absolute atomic E-state index is 12.9. The van der Waals surface area contributed by atoms with E-state index in [9.17, 15) is 9.00 Å². The molecular formula is C24H27NO4S. The molecule has 0 saturated heterocycles. The van der Waals surface area contributed by atoms with Gasteiger partial charge in [0.2, 0.25) is 0 Å². The minimum atomic E-state index is -1.38. The predicted octanol–water partition coefficient (Wildman–Crippen LogP) is 4.79. The quantitative estimate of drug-likeness (QED) is 0.471. The first-order valence-corrected chi connectivity index (χ1v) is 10.9.